The Balaban J connectivity index is 0.771. The lowest BCUT2D eigenvalue weighted by Gasteiger charge is -2.48. The summed E-state index contributed by atoms with van der Waals surface area (Å²) in [5.74, 6) is -4.43. The summed E-state index contributed by atoms with van der Waals surface area (Å²) in [6, 6.07) is 8.53. The second-order valence-corrected chi connectivity index (χ2v) is 19.9. The number of carbonyl (C=O) groups is 2. The summed E-state index contributed by atoms with van der Waals surface area (Å²) >= 11 is 0. The SMILES string of the molecule is CCc1c(F)ccc2cc(O)cc(-c3ncc4c(N5CCC[C@]6(CCO6)C5)nc(OCC5(CN6CCO[C@@H](CN7CCN(c8cc(F)c(C9CCC(=O)NC9=O)c(F)c8)CC7)C6)CC5)nc4c3F)c12. The molecule has 2 N–H and O–H groups in total. The summed E-state index contributed by atoms with van der Waals surface area (Å²) in [7, 11) is 0. The molecule has 18 heteroatoms. The van der Waals surface area contributed by atoms with E-state index in [1.165, 1.54) is 30.3 Å². The molecular weight excluding hydrogens is 897 g/mol. The number of imide groups is 1. The predicted molar refractivity (Wildman–Crippen MR) is 249 cm³/mol. The molecule has 1 spiro atoms. The second kappa shape index (κ2) is 18.2. The van der Waals surface area contributed by atoms with Crippen LogP contribution in [0.15, 0.2) is 42.6 Å². The number of aryl methyl sites for hydroxylation is 1. The number of benzene rings is 3. The number of amides is 2. The monoisotopic (exact) mass is 952 g/mol. The molecule has 1 saturated carbocycles. The maximum Gasteiger partial charge on any atom is 0.319 e. The average Bonchev–Trinajstić information content (AvgIpc) is 4.10. The number of aromatic nitrogens is 3. The van der Waals surface area contributed by atoms with Crippen LogP contribution in [0.1, 0.15) is 68.9 Å². The minimum absolute atomic E-state index is 0.0313. The first-order chi connectivity index (χ1) is 33.4. The van der Waals surface area contributed by atoms with Gasteiger partial charge in [0, 0.05) is 107 Å². The number of phenolic OH excluding ortho intramolecular Hbond substituents is 1. The third-order valence-corrected chi connectivity index (χ3v) is 15.3. The van der Waals surface area contributed by atoms with Crippen molar-refractivity contribution in [1.82, 2.24) is 30.1 Å². The zero-order valence-corrected chi connectivity index (χ0v) is 38.7. The molecule has 6 aliphatic rings. The number of nitrogens with one attached hydrogen (secondary N) is 1. The van der Waals surface area contributed by atoms with E-state index in [2.05, 4.69) is 25.0 Å². The highest BCUT2D eigenvalue weighted by Gasteiger charge is 2.47. The number of piperidine rings is 2. The minimum atomic E-state index is -1.04. The third kappa shape index (κ3) is 8.93. The molecule has 6 fully saturated rings. The van der Waals surface area contributed by atoms with Gasteiger partial charge in [-0.05, 0) is 85.2 Å². The number of aromatic hydroxyl groups is 1. The molecule has 3 aromatic carbocycles. The summed E-state index contributed by atoms with van der Waals surface area (Å²) in [5.41, 5.74) is 0.355. The van der Waals surface area contributed by atoms with Crippen molar-refractivity contribution < 1.29 is 46.5 Å². The molecule has 1 unspecified atom stereocenters. The quantitative estimate of drug-likeness (QED) is 0.102. The van der Waals surface area contributed by atoms with Gasteiger partial charge >= 0.3 is 6.01 Å². The van der Waals surface area contributed by atoms with E-state index < -0.39 is 41.0 Å². The second-order valence-electron chi connectivity index (χ2n) is 19.9. The Hall–Kier alpha value is -5.69. The van der Waals surface area contributed by atoms with Crippen molar-refractivity contribution in [2.75, 3.05) is 95.1 Å². The van der Waals surface area contributed by atoms with Gasteiger partial charge < -0.3 is 29.1 Å². The van der Waals surface area contributed by atoms with E-state index in [0.717, 1.165) is 51.7 Å². The molecular formula is C51H56F4N8O6. The number of halogens is 4. The van der Waals surface area contributed by atoms with Crippen LogP contribution in [0.25, 0.3) is 32.9 Å². The van der Waals surface area contributed by atoms with Crippen molar-refractivity contribution in [3.05, 3.63) is 77.0 Å². The van der Waals surface area contributed by atoms with Crippen molar-refractivity contribution in [2.24, 2.45) is 5.41 Å². The molecule has 2 amide bonds. The zero-order chi connectivity index (χ0) is 47.6. The molecule has 14 nitrogen and oxygen atoms in total. The van der Waals surface area contributed by atoms with E-state index in [-0.39, 0.29) is 64.1 Å². The fraction of sp³-hybridized carbons (Fsp3) is 0.510. The Morgan fingerprint density at radius 2 is 1.70 bits per heavy atom. The van der Waals surface area contributed by atoms with Crippen LogP contribution in [0, 0.1) is 28.7 Å². The van der Waals surface area contributed by atoms with Crippen LogP contribution in [0.4, 0.5) is 29.1 Å². The average molecular weight is 953 g/mol. The Kier molecular flexibility index (Phi) is 12.1. The van der Waals surface area contributed by atoms with Crippen LogP contribution in [0.3, 0.4) is 0 Å². The molecule has 0 radical (unpaired) electrons. The lowest BCUT2D eigenvalue weighted by Crippen LogP contribution is -2.56. The number of pyridine rings is 1. The van der Waals surface area contributed by atoms with Crippen molar-refractivity contribution in [2.45, 2.75) is 75.9 Å². The third-order valence-electron chi connectivity index (χ3n) is 15.3. The van der Waals surface area contributed by atoms with E-state index in [0.29, 0.717) is 105 Å². The van der Waals surface area contributed by atoms with Gasteiger partial charge in [-0.15, -0.1) is 0 Å². The molecule has 5 aliphatic heterocycles. The van der Waals surface area contributed by atoms with Gasteiger partial charge in [0.25, 0.3) is 0 Å². The van der Waals surface area contributed by atoms with E-state index >= 15 is 17.6 Å². The number of phenols is 1. The summed E-state index contributed by atoms with van der Waals surface area (Å²) in [6.45, 7) is 10.2. The summed E-state index contributed by atoms with van der Waals surface area (Å²) in [4.78, 5) is 47.0. The van der Waals surface area contributed by atoms with E-state index in [4.69, 9.17) is 24.2 Å². The topological polar surface area (TPSA) is 146 Å². The van der Waals surface area contributed by atoms with Crippen LogP contribution in [-0.2, 0) is 25.5 Å². The molecule has 11 rings (SSSR count). The highest BCUT2D eigenvalue weighted by molar-refractivity contribution is 6.02. The molecule has 2 aromatic heterocycles. The highest BCUT2D eigenvalue weighted by atomic mass is 19.1. The van der Waals surface area contributed by atoms with Gasteiger partial charge in [0.15, 0.2) is 5.82 Å². The summed E-state index contributed by atoms with van der Waals surface area (Å²) in [5, 5.41) is 14.4. The van der Waals surface area contributed by atoms with Gasteiger partial charge in [-0.2, -0.15) is 9.97 Å². The number of hydrogen-bond donors (Lipinski definition) is 2. The van der Waals surface area contributed by atoms with Gasteiger partial charge in [0.2, 0.25) is 11.8 Å². The van der Waals surface area contributed by atoms with Crippen molar-refractivity contribution in [3.8, 4) is 23.0 Å². The lowest BCUT2D eigenvalue weighted by molar-refractivity contribution is -0.151. The Morgan fingerprint density at radius 1 is 0.899 bits per heavy atom. The molecule has 5 aromatic rings. The smallest absolute Gasteiger partial charge is 0.319 e. The maximum absolute atomic E-state index is 17.2. The van der Waals surface area contributed by atoms with Crippen LogP contribution < -0.4 is 19.9 Å². The van der Waals surface area contributed by atoms with E-state index in [1.807, 2.05) is 11.8 Å². The van der Waals surface area contributed by atoms with Gasteiger partial charge in [-0.3, -0.25) is 29.7 Å². The normalized spacial score (nSPS) is 24.2. The number of morpholine rings is 1. The van der Waals surface area contributed by atoms with Crippen molar-refractivity contribution in [1.29, 1.82) is 0 Å². The van der Waals surface area contributed by atoms with Crippen molar-refractivity contribution >= 4 is 45.0 Å². The number of anilines is 2. The first kappa shape index (κ1) is 45.7. The van der Waals surface area contributed by atoms with Crippen LogP contribution in [-0.4, -0.2) is 139 Å². The Bertz CT molecular complexity index is 2810. The van der Waals surface area contributed by atoms with Gasteiger partial charge in [-0.1, -0.05) is 13.0 Å². The molecule has 364 valence electrons. The molecule has 69 heavy (non-hydrogen) atoms. The lowest BCUT2D eigenvalue weighted by atomic mass is 9.86. The van der Waals surface area contributed by atoms with Crippen molar-refractivity contribution in [3.63, 3.8) is 0 Å². The largest absolute Gasteiger partial charge is 0.508 e. The fourth-order valence-corrected chi connectivity index (χ4v) is 11.3. The summed E-state index contributed by atoms with van der Waals surface area (Å²) < 4.78 is 81.9. The highest BCUT2D eigenvalue weighted by Crippen LogP contribution is 2.47. The van der Waals surface area contributed by atoms with E-state index in [1.54, 1.807) is 12.3 Å². The molecule has 3 atom stereocenters. The predicted octanol–water partition coefficient (Wildman–Crippen LogP) is 6.63. The van der Waals surface area contributed by atoms with Crippen LogP contribution >= 0.6 is 0 Å². The number of hydrogen-bond acceptors (Lipinski definition) is 13. The fourth-order valence-electron chi connectivity index (χ4n) is 11.3. The number of rotatable bonds is 12. The molecule has 5 saturated heterocycles. The minimum Gasteiger partial charge on any atom is -0.508 e. The van der Waals surface area contributed by atoms with E-state index in [9.17, 15) is 14.7 Å². The number of piperazine rings is 1. The Morgan fingerprint density at radius 3 is 2.42 bits per heavy atom. The van der Waals surface area contributed by atoms with Gasteiger partial charge in [-0.25, -0.2) is 17.6 Å². The number of ether oxygens (including phenoxy) is 3. The number of fused-ring (bicyclic) bond motifs is 2. The van der Waals surface area contributed by atoms with Crippen LogP contribution in [0.5, 0.6) is 11.8 Å². The molecule has 7 heterocycles. The standard InChI is InChI=1S/C51H56F4N8O6/c1-2-34-38(52)6-4-30-20-32(64)23-36(42(30)34)45-44(55)46-37(24-56-45)47(63-12-3-8-51(28-63)11-18-69-51)59-49(58-46)68-29-50(9-10-50)27-61-17-19-67-33(26-61)25-60-13-15-62(16-14-60)31-21-39(53)43(40(54)22-31)35-5-7-41(65)57-48(35)66/h4,6,20-24,33,35,64H,2-3,5,7-19,25-29H2,1H3,(H,57,65,66)/t33-,35?,51-/m0/s1. The number of nitrogens with zero attached hydrogens (tertiary/aromatic N) is 7. The first-order valence-corrected chi connectivity index (χ1v) is 24.3. The summed E-state index contributed by atoms with van der Waals surface area (Å²) in [6.07, 6.45) is 6.63. The first-order valence-electron chi connectivity index (χ1n) is 24.3. The maximum atomic E-state index is 17.2. The molecule has 1 aliphatic carbocycles. The zero-order valence-electron chi connectivity index (χ0n) is 38.7. The van der Waals surface area contributed by atoms with Crippen LogP contribution in [0.2, 0.25) is 0 Å². The Labute approximate surface area is 396 Å². The number of carbonyl (C=O) groups excluding carboxylic acids is 2. The van der Waals surface area contributed by atoms with Gasteiger partial charge in [0.05, 0.1) is 42.8 Å². The van der Waals surface area contributed by atoms with Gasteiger partial charge in [0.1, 0.15) is 40.2 Å². The molecule has 0 bridgehead atoms.